The summed E-state index contributed by atoms with van der Waals surface area (Å²) in [5.74, 6) is -1.46. The number of hydrogen-bond donors (Lipinski definition) is 2. The second kappa shape index (κ2) is 19.9. The van der Waals surface area contributed by atoms with E-state index in [-0.39, 0.29) is 25.4 Å². The van der Waals surface area contributed by atoms with Crippen molar-refractivity contribution in [1.29, 1.82) is 0 Å². The Labute approximate surface area is 219 Å². The lowest BCUT2D eigenvalue weighted by Crippen LogP contribution is -2.16. The molecule has 8 nitrogen and oxygen atoms in total. The molecule has 4 atom stereocenters. The predicted molar refractivity (Wildman–Crippen MR) is 141 cm³/mol. The number of methoxy groups -OCH3 is 1. The molecule has 8 heteroatoms. The number of aliphatic hydroxyl groups excluding tert-OH is 2. The summed E-state index contributed by atoms with van der Waals surface area (Å²) in [5.41, 5.74) is 0. The average Bonchev–Trinajstić information content (AvgIpc) is 2.85. The second-order valence-corrected chi connectivity index (χ2v) is 8.62. The highest BCUT2D eigenvalue weighted by atomic mass is 16.5. The molecule has 1 heterocycles. The Morgan fingerprint density at radius 2 is 1.62 bits per heavy atom. The van der Waals surface area contributed by atoms with Crippen LogP contribution < -0.4 is 0 Å². The summed E-state index contributed by atoms with van der Waals surface area (Å²) >= 11 is 0. The molecule has 1 aliphatic rings. The molecule has 0 aromatic heterocycles. The number of ether oxygens (including phenoxy) is 3. The summed E-state index contributed by atoms with van der Waals surface area (Å²) in [6, 6.07) is 0. The number of carbonyl (C=O) groups is 3. The molecule has 1 rings (SSSR count). The largest absolute Gasteiger partial charge is 0.469 e. The van der Waals surface area contributed by atoms with E-state index in [0.29, 0.717) is 12.8 Å². The fraction of sp³-hybridized carbons (Fsp3) is 0.483. The van der Waals surface area contributed by atoms with E-state index in [1.165, 1.54) is 13.2 Å². The quantitative estimate of drug-likeness (QED) is 0.422. The molecule has 1 aliphatic heterocycles. The van der Waals surface area contributed by atoms with Crippen molar-refractivity contribution in [3.05, 3.63) is 72.9 Å². The average molecular weight is 517 g/mol. The lowest BCUT2D eigenvalue weighted by molar-refractivity contribution is -0.151. The van der Waals surface area contributed by atoms with Crippen LogP contribution in [0.5, 0.6) is 0 Å². The molecular formula is C29H40O8. The highest BCUT2D eigenvalue weighted by Crippen LogP contribution is 2.09. The molecule has 0 fully saturated rings. The van der Waals surface area contributed by atoms with Crippen molar-refractivity contribution in [1.82, 2.24) is 0 Å². The maximum Gasteiger partial charge on any atom is 0.331 e. The Kier molecular flexibility index (Phi) is 17.1. The summed E-state index contributed by atoms with van der Waals surface area (Å²) in [6.07, 6.45) is 21.3. The number of allylic oxidation sites excluding steroid dienone is 7. The van der Waals surface area contributed by atoms with E-state index < -0.39 is 36.2 Å². The van der Waals surface area contributed by atoms with Crippen molar-refractivity contribution >= 4 is 17.9 Å². The van der Waals surface area contributed by atoms with Gasteiger partial charge in [-0.2, -0.15) is 0 Å². The Hall–Kier alpha value is -3.23. The predicted octanol–water partition coefficient (Wildman–Crippen LogP) is 4.20. The Morgan fingerprint density at radius 1 is 0.946 bits per heavy atom. The number of cyclic esters (lactones) is 1. The first-order valence-corrected chi connectivity index (χ1v) is 12.6. The smallest absolute Gasteiger partial charge is 0.331 e. The zero-order chi connectivity index (χ0) is 27.3. The van der Waals surface area contributed by atoms with Crippen LogP contribution in [0.2, 0.25) is 0 Å². The zero-order valence-corrected chi connectivity index (χ0v) is 21.7. The van der Waals surface area contributed by atoms with Crippen LogP contribution in [0.15, 0.2) is 72.9 Å². The molecule has 0 saturated carbocycles. The first kappa shape index (κ1) is 31.8. The topological polar surface area (TPSA) is 119 Å². The maximum atomic E-state index is 12.1. The summed E-state index contributed by atoms with van der Waals surface area (Å²) in [4.78, 5) is 35.4. The van der Waals surface area contributed by atoms with Gasteiger partial charge < -0.3 is 24.4 Å². The molecular weight excluding hydrogens is 476 g/mol. The molecule has 0 aromatic rings. The summed E-state index contributed by atoms with van der Waals surface area (Å²) in [5, 5.41) is 20.2. The van der Waals surface area contributed by atoms with Crippen LogP contribution in [0.25, 0.3) is 0 Å². The normalized spacial score (nSPS) is 29.9. The maximum absolute atomic E-state index is 12.1. The molecule has 0 saturated heterocycles. The van der Waals surface area contributed by atoms with Crippen LogP contribution in [-0.4, -0.2) is 59.6 Å². The Morgan fingerprint density at radius 3 is 2.41 bits per heavy atom. The fourth-order valence-electron chi connectivity index (χ4n) is 3.27. The summed E-state index contributed by atoms with van der Waals surface area (Å²) in [7, 11) is 1.25. The third kappa shape index (κ3) is 17.8. The monoisotopic (exact) mass is 516 g/mol. The molecule has 204 valence electrons. The minimum Gasteiger partial charge on any atom is -0.469 e. The van der Waals surface area contributed by atoms with Crippen molar-refractivity contribution in [3.63, 3.8) is 0 Å². The van der Waals surface area contributed by atoms with E-state index in [2.05, 4.69) is 4.74 Å². The first-order valence-electron chi connectivity index (χ1n) is 12.6. The second-order valence-electron chi connectivity index (χ2n) is 8.62. The molecule has 0 aromatic carbocycles. The van der Waals surface area contributed by atoms with Crippen molar-refractivity contribution in [2.75, 3.05) is 7.11 Å². The number of carbonyl (C=O) groups excluding carboxylic acids is 3. The minimum atomic E-state index is -0.762. The van der Waals surface area contributed by atoms with Crippen LogP contribution in [0.4, 0.5) is 0 Å². The van der Waals surface area contributed by atoms with Gasteiger partial charge in [-0.25, -0.2) is 4.79 Å². The van der Waals surface area contributed by atoms with Gasteiger partial charge in [0.15, 0.2) is 0 Å². The van der Waals surface area contributed by atoms with Crippen LogP contribution in [-0.2, 0) is 28.6 Å². The van der Waals surface area contributed by atoms with Gasteiger partial charge in [-0.1, -0.05) is 60.8 Å². The highest BCUT2D eigenvalue weighted by molar-refractivity contribution is 5.82. The van der Waals surface area contributed by atoms with Crippen LogP contribution >= 0.6 is 0 Å². The van der Waals surface area contributed by atoms with E-state index in [1.54, 1.807) is 54.7 Å². The van der Waals surface area contributed by atoms with Crippen molar-refractivity contribution in [3.8, 4) is 0 Å². The molecule has 0 spiro atoms. The van der Waals surface area contributed by atoms with Gasteiger partial charge in [0, 0.05) is 18.9 Å². The van der Waals surface area contributed by atoms with Gasteiger partial charge in [0.1, 0.15) is 6.10 Å². The number of rotatable bonds is 4. The molecule has 0 unspecified atom stereocenters. The van der Waals surface area contributed by atoms with Gasteiger partial charge in [-0.05, 0) is 38.7 Å². The lowest BCUT2D eigenvalue weighted by atomic mass is 10.1. The SMILES string of the molecule is COC(=O)CCC(=O)O[C@@H]1/C=C/C=C\C[C@H](O)C[C@@H](O)/C=C/C=C/CCC[C@@H](C)OC(=O)/C=C\C=C\C1. The third-order valence-electron chi connectivity index (χ3n) is 5.27. The van der Waals surface area contributed by atoms with Gasteiger partial charge in [0.2, 0.25) is 0 Å². The van der Waals surface area contributed by atoms with Crippen molar-refractivity contribution in [2.45, 2.75) is 82.7 Å². The van der Waals surface area contributed by atoms with Crippen LogP contribution in [0.1, 0.15) is 58.3 Å². The molecule has 0 aliphatic carbocycles. The van der Waals surface area contributed by atoms with Crippen molar-refractivity contribution in [2.24, 2.45) is 0 Å². The van der Waals surface area contributed by atoms with Gasteiger partial charge in [-0.3, -0.25) is 9.59 Å². The van der Waals surface area contributed by atoms with E-state index in [4.69, 9.17) is 9.47 Å². The van der Waals surface area contributed by atoms with Crippen molar-refractivity contribution < 1.29 is 38.8 Å². The number of esters is 3. The van der Waals surface area contributed by atoms with Crippen LogP contribution in [0.3, 0.4) is 0 Å². The molecule has 0 amide bonds. The van der Waals surface area contributed by atoms with E-state index in [0.717, 1.165) is 19.3 Å². The molecule has 2 N–H and O–H groups in total. The van der Waals surface area contributed by atoms with Crippen LogP contribution in [0, 0.1) is 0 Å². The molecule has 0 bridgehead atoms. The van der Waals surface area contributed by atoms with E-state index in [1.807, 2.05) is 19.1 Å². The van der Waals surface area contributed by atoms with Gasteiger partial charge >= 0.3 is 17.9 Å². The summed E-state index contributed by atoms with van der Waals surface area (Å²) < 4.78 is 15.3. The van der Waals surface area contributed by atoms with E-state index in [9.17, 15) is 24.6 Å². The zero-order valence-electron chi connectivity index (χ0n) is 21.7. The first-order chi connectivity index (χ1) is 17.8. The third-order valence-corrected chi connectivity index (χ3v) is 5.27. The highest BCUT2D eigenvalue weighted by Gasteiger charge is 2.13. The molecule has 0 radical (unpaired) electrons. The number of hydrogen-bond acceptors (Lipinski definition) is 8. The van der Waals surface area contributed by atoms with Gasteiger partial charge in [-0.15, -0.1) is 0 Å². The van der Waals surface area contributed by atoms with E-state index >= 15 is 0 Å². The summed E-state index contributed by atoms with van der Waals surface area (Å²) in [6.45, 7) is 1.84. The Balaban J connectivity index is 2.86. The minimum absolute atomic E-state index is 0.0694. The Bertz CT molecular complexity index is 865. The van der Waals surface area contributed by atoms with Gasteiger partial charge in [0.05, 0.1) is 38.3 Å². The lowest BCUT2D eigenvalue weighted by Gasteiger charge is -2.12. The van der Waals surface area contributed by atoms with Gasteiger partial charge in [0.25, 0.3) is 0 Å². The standard InChI is InChI=1S/C29H40O8/c1-23-14-8-4-3-5-9-15-24(30)22-25(31)16-10-6-11-17-26(18-12-7-13-19-28(33)36-23)37-29(34)21-20-27(32)35-2/h3,5-7,9-13,15,17,19,23-26,30-31H,4,8,14,16,18,20-22H2,1-2H3/b5-3+,10-6-,12-7+,15-9+,17-11+,19-13-/t23-,24+,25+,26-/m1/s1. The molecule has 37 heavy (non-hydrogen) atoms. The fourth-order valence-corrected chi connectivity index (χ4v) is 3.27. The number of aliphatic hydroxyl groups is 2.